The summed E-state index contributed by atoms with van der Waals surface area (Å²) >= 11 is 0. The summed E-state index contributed by atoms with van der Waals surface area (Å²) in [6.07, 6.45) is 1.66. The van der Waals surface area contributed by atoms with Gasteiger partial charge in [0.1, 0.15) is 6.04 Å². The van der Waals surface area contributed by atoms with E-state index < -0.39 is 18.6 Å². The molecule has 98 valence electrons. The fourth-order valence-corrected chi connectivity index (χ4v) is 1.55. The lowest BCUT2D eigenvalue weighted by Crippen LogP contribution is -2.43. The van der Waals surface area contributed by atoms with Crippen molar-refractivity contribution in [1.29, 1.82) is 0 Å². The van der Waals surface area contributed by atoms with Crippen LogP contribution in [-0.2, 0) is 16.0 Å². The Morgan fingerprint density at radius 2 is 1.89 bits per heavy atom. The Hall–Kier alpha value is -1.88. The largest absolute Gasteiger partial charge is 0.480 e. The number of aliphatic hydroxyl groups is 1. The zero-order chi connectivity index (χ0) is 13.4. The highest BCUT2D eigenvalue weighted by Crippen LogP contribution is 2.04. The number of hydrogen-bond acceptors (Lipinski definition) is 3. The zero-order valence-electron chi connectivity index (χ0n) is 10.0. The van der Waals surface area contributed by atoms with Gasteiger partial charge in [-0.25, -0.2) is 4.79 Å². The van der Waals surface area contributed by atoms with E-state index in [0.29, 0.717) is 6.42 Å². The van der Waals surface area contributed by atoms with Gasteiger partial charge in [-0.05, 0) is 18.4 Å². The fraction of sp³-hybridized carbons (Fsp3) is 0.385. The molecule has 0 saturated carbocycles. The number of aliphatic hydroxyl groups excluding tert-OH is 1. The van der Waals surface area contributed by atoms with E-state index in [1.165, 1.54) is 0 Å². The fourth-order valence-electron chi connectivity index (χ4n) is 1.55. The van der Waals surface area contributed by atoms with Crippen molar-refractivity contribution >= 4 is 11.9 Å². The van der Waals surface area contributed by atoms with Crippen molar-refractivity contribution in [2.45, 2.75) is 25.3 Å². The highest BCUT2D eigenvalue weighted by atomic mass is 16.4. The highest BCUT2D eigenvalue weighted by molar-refractivity contribution is 5.83. The predicted octanol–water partition coefficient (Wildman–Crippen LogP) is 0.571. The van der Waals surface area contributed by atoms with Gasteiger partial charge >= 0.3 is 5.97 Å². The van der Waals surface area contributed by atoms with E-state index in [-0.39, 0.29) is 12.3 Å². The standard InChI is InChI=1S/C13H17NO4/c15-9-11(13(17)18)14-12(16)8-4-7-10-5-2-1-3-6-10/h1-3,5-6,11,15H,4,7-9H2,(H,14,16)(H,17,18). The second-order valence-corrected chi connectivity index (χ2v) is 3.98. The molecule has 5 nitrogen and oxygen atoms in total. The molecule has 5 heteroatoms. The minimum absolute atomic E-state index is 0.249. The molecule has 0 spiro atoms. The van der Waals surface area contributed by atoms with Crippen molar-refractivity contribution in [2.75, 3.05) is 6.61 Å². The highest BCUT2D eigenvalue weighted by Gasteiger charge is 2.17. The molecule has 1 amide bonds. The lowest BCUT2D eigenvalue weighted by molar-refractivity contribution is -0.142. The predicted molar refractivity (Wildman–Crippen MR) is 66.0 cm³/mol. The minimum atomic E-state index is -1.23. The van der Waals surface area contributed by atoms with Crippen LogP contribution in [0.3, 0.4) is 0 Å². The van der Waals surface area contributed by atoms with Gasteiger partial charge in [-0.15, -0.1) is 0 Å². The summed E-state index contributed by atoms with van der Waals surface area (Å²) in [7, 11) is 0. The number of carbonyl (C=O) groups is 2. The Labute approximate surface area is 105 Å². The summed E-state index contributed by atoms with van der Waals surface area (Å²) in [5, 5.41) is 19.7. The molecular weight excluding hydrogens is 234 g/mol. The molecule has 0 bridgehead atoms. The van der Waals surface area contributed by atoms with E-state index >= 15 is 0 Å². The first-order valence-electron chi connectivity index (χ1n) is 5.80. The molecule has 3 N–H and O–H groups in total. The Kier molecular flexibility index (Phi) is 5.87. The molecule has 0 aliphatic carbocycles. The Balaban J connectivity index is 2.27. The van der Waals surface area contributed by atoms with Crippen molar-refractivity contribution < 1.29 is 19.8 Å². The van der Waals surface area contributed by atoms with Gasteiger partial charge in [0.25, 0.3) is 0 Å². The van der Waals surface area contributed by atoms with E-state index in [1.54, 1.807) is 0 Å². The van der Waals surface area contributed by atoms with Crippen LogP contribution in [0, 0.1) is 0 Å². The van der Waals surface area contributed by atoms with Crippen LogP contribution in [0.4, 0.5) is 0 Å². The number of hydrogen-bond donors (Lipinski definition) is 3. The number of benzene rings is 1. The topological polar surface area (TPSA) is 86.6 Å². The molecule has 1 aromatic carbocycles. The van der Waals surface area contributed by atoms with E-state index in [0.717, 1.165) is 12.0 Å². The Morgan fingerprint density at radius 1 is 1.22 bits per heavy atom. The van der Waals surface area contributed by atoms with Crippen LogP contribution in [-0.4, -0.2) is 34.7 Å². The molecule has 0 aromatic heterocycles. The second kappa shape index (κ2) is 7.45. The number of aryl methyl sites for hydroxylation is 1. The molecule has 1 atom stereocenters. The van der Waals surface area contributed by atoms with E-state index in [1.807, 2.05) is 30.3 Å². The molecular formula is C13H17NO4. The summed E-state index contributed by atoms with van der Waals surface area (Å²) in [5.74, 6) is -1.58. The maximum Gasteiger partial charge on any atom is 0.328 e. The third kappa shape index (κ3) is 4.97. The first-order chi connectivity index (χ1) is 8.63. The van der Waals surface area contributed by atoms with Crippen LogP contribution in [0.15, 0.2) is 30.3 Å². The lowest BCUT2D eigenvalue weighted by Gasteiger charge is -2.11. The van der Waals surface area contributed by atoms with Crippen LogP contribution in [0.5, 0.6) is 0 Å². The maximum atomic E-state index is 11.4. The molecule has 0 aliphatic heterocycles. The molecule has 0 fully saturated rings. The van der Waals surface area contributed by atoms with Crippen molar-refractivity contribution in [3.63, 3.8) is 0 Å². The quantitative estimate of drug-likeness (QED) is 0.661. The van der Waals surface area contributed by atoms with Gasteiger partial charge in [-0.3, -0.25) is 4.79 Å². The third-order valence-electron chi connectivity index (χ3n) is 2.53. The van der Waals surface area contributed by atoms with Crippen LogP contribution in [0.2, 0.25) is 0 Å². The first kappa shape index (κ1) is 14.2. The number of carbonyl (C=O) groups excluding carboxylic acids is 1. The number of amides is 1. The SMILES string of the molecule is O=C(CCCc1ccccc1)NC(CO)C(=O)O. The molecule has 0 aliphatic rings. The average Bonchev–Trinajstić information content (AvgIpc) is 2.37. The van der Waals surface area contributed by atoms with Crippen molar-refractivity contribution in [3.05, 3.63) is 35.9 Å². The summed E-state index contributed by atoms with van der Waals surface area (Å²) in [5.41, 5.74) is 1.14. The molecule has 1 rings (SSSR count). The van der Waals surface area contributed by atoms with Gasteiger partial charge in [0.2, 0.25) is 5.91 Å². The van der Waals surface area contributed by atoms with Crippen LogP contribution < -0.4 is 5.32 Å². The molecule has 0 radical (unpaired) electrons. The first-order valence-corrected chi connectivity index (χ1v) is 5.80. The number of nitrogens with one attached hydrogen (secondary N) is 1. The van der Waals surface area contributed by atoms with Crippen molar-refractivity contribution in [2.24, 2.45) is 0 Å². The van der Waals surface area contributed by atoms with Gasteiger partial charge in [-0.2, -0.15) is 0 Å². The monoisotopic (exact) mass is 251 g/mol. The number of rotatable bonds is 7. The van der Waals surface area contributed by atoms with E-state index in [2.05, 4.69) is 5.32 Å². The van der Waals surface area contributed by atoms with Gasteiger partial charge < -0.3 is 15.5 Å². The zero-order valence-corrected chi connectivity index (χ0v) is 10.0. The summed E-state index contributed by atoms with van der Waals surface area (Å²) in [6.45, 7) is -0.597. The Bertz CT molecular complexity index is 391. The molecule has 1 aromatic rings. The van der Waals surface area contributed by atoms with Gasteiger partial charge in [0.05, 0.1) is 6.61 Å². The van der Waals surface area contributed by atoms with E-state index in [4.69, 9.17) is 10.2 Å². The minimum Gasteiger partial charge on any atom is -0.480 e. The summed E-state index contributed by atoms with van der Waals surface area (Å²) in [6, 6.07) is 8.53. The normalized spacial score (nSPS) is 11.8. The molecule has 1 unspecified atom stereocenters. The van der Waals surface area contributed by atoms with Crippen molar-refractivity contribution in [3.8, 4) is 0 Å². The van der Waals surface area contributed by atoms with Crippen LogP contribution in [0.25, 0.3) is 0 Å². The lowest BCUT2D eigenvalue weighted by atomic mass is 10.1. The summed E-state index contributed by atoms with van der Waals surface area (Å²) < 4.78 is 0. The van der Waals surface area contributed by atoms with Gasteiger partial charge in [0.15, 0.2) is 0 Å². The number of carboxylic acid groups (broad SMARTS) is 1. The van der Waals surface area contributed by atoms with Gasteiger partial charge in [-0.1, -0.05) is 30.3 Å². The van der Waals surface area contributed by atoms with Crippen LogP contribution in [0.1, 0.15) is 18.4 Å². The summed E-state index contributed by atoms with van der Waals surface area (Å²) in [4.78, 5) is 22.0. The number of carboxylic acids is 1. The smallest absolute Gasteiger partial charge is 0.328 e. The maximum absolute atomic E-state index is 11.4. The molecule has 18 heavy (non-hydrogen) atoms. The third-order valence-corrected chi connectivity index (χ3v) is 2.53. The van der Waals surface area contributed by atoms with Crippen LogP contribution >= 0.6 is 0 Å². The second-order valence-electron chi connectivity index (χ2n) is 3.98. The Morgan fingerprint density at radius 3 is 2.44 bits per heavy atom. The van der Waals surface area contributed by atoms with Gasteiger partial charge in [0, 0.05) is 6.42 Å². The molecule has 0 saturated heterocycles. The molecule has 0 heterocycles. The average molecular weight is 251 g/mol. The van der Waals surface area contributed by atoms with E-state index in [9.17, 15) is 9.59 Å². The van der Waals surface area contributed by atoms with Crippen molar-refractivity contribution in [1.82, 2.24) is 5.32 Å². The number of aliphatic carboxylic acids is 1.